The minimum Gasteiger partial charge on any atom is -0.395 e. The summed E-state index contributed by atoms with van der Waals surface area (Å²) in [6.07, 6.45) is 1.71. The molecular formula is C9H13BrN2O2. The van der Waals surface area contributed by atoms with E-state index in [1.165, 1.54) is 0 Å². The van der Waals surface area contributed by atoms with Crippen molar-refractivity contribution in [2.24, 2.45) is 0 Å². The van der Waals surface area contributed by atoms with Crippen LogP contribution in [0.3, 0.4) is 0 Å². The standard InChI is InChI=1S/C9H13BrN2O2/c1-2-12(3-4-13)9(14)8-5-7(10)6-11-8/h5-6,11,13H,2-4H2,1H3. The van der Waals surface area contributed by atoms with Crippen molar-refractivity contribution in [3.8, 4) is 0 Å². The van der Waals surface area contributed by atoms with Gasteiger partial charge in [0.1, 0.15) is 5.69 Å². The number of rotatable bonds is 4. The minimum atomic E-state index is -0.0905. The molecular weight excluding hydrogens is 248 g/mol. The molecule has 0 fully saturated rings. The first-order valence-electron chi connectivity index (χ1n) is 4.43. The Bertz CT molecular complexity index is 312. The predicted molar refractivity (Wildman–Crippen MR) is 57.2 cm³/mol. The van der Waals surface area contributed by atoms with Gasteiger partial charge in [0.15, 0.2) is 0 Å². The Morgan fingerprint density at radius 1 is 1.71 bits per heavy atom. The van der Waals surface area contributed by atoms with Crippen LogP contribution in [0.2, 0.25) is 0 Å². The lowest BCUT2D eigenvalue weighted by Gasteiger charge is -2.18. The van der Waals surface area contributed by atoms with E-state index in [0.29, 0.717) is 18.8 Å². The van der Waals surface area contributed by atoms with Crippen LogP contribution >= 0.6 is 15.9 Å². The number of likely N-dealkylation sites (N-methyl/N-ethyl adjacent to an activating group) is 1. The van der Waals surface area contributed by atoms with Crippen molar-refractivity contribution in [2.75, 3.05) is 19.7 Å². The molecule has 78 valence electrons. The van der Waals surface area contributed by atoms with Crippen LogP contribution in [0.4, 0.5) is 0 Å². The molecule has 1 aromatic rings. The second-order valence-corrected chi connectivity index (χ2v) is 3.76. The van der Waals surface area contributed by atoms with E-state index in [1.54, 1.807) is 17.2 Å². The molecule has 0 atom stereocenters. The summed E-state index contributed by atoms with van der Waals surface area (Å²) in [5, 5.41) is 8.76. The Hall–Kier alpha value is -0.810. The number of H-pyrrole nitrogens is 1. The molecule has 14 heavy (non-hydrogen) atoms. The summed E-state index contributed by atoms with van der Waals surface area (Å²) in [7, 11) is 0. The number of hydrogen-bond donors (Lipinski definition) is 2. The summed E-state index contributed by atoms with van der Waals surface area (Å²) in [5.41, 5.74) is 0.534. The van der Waals surface area contributed by atoms with E-state index in [0.717, 1.165) is 4.47 Å². The summed E-state index contributed by atoms with van der Waals surface area (Å²) in [5.74, 6) is -0.0905. The normalized spacial score (nSPS) is 10.2. The Kier molecular flexibility index (Phi) is 4.16. The fourth-order valence-corrected chi connectivity index (χ4v) is 1.53. The number of aromatic amines is 1. The monoisotopic (exact) mass is 260 g/mol. The molecule has 0 saturated carbocycles. The first kappa shape index (κ1) is 11.3. The van der Waals surface area contributed by atoms with Gasteiger partial charge < -0.3 is 15.0 Å². The lowest BCUT2D eigenvalue weighted by molar-refractivity contribution is 0.0727. The molecule has 0 bridgehead atoms. The van der Waals surface area contributed by atoms with Crippen LogP contribution in [0.5, 0.6) is 0 Å². The average molecular weight is 261 g/mol. The van der Waals surface area contributed by atoms with Crippen molar-refractivity contribution in [2.45, 2.75) is 6.92 Å². The summed E-state index contributed by atoms with van der Waals surface area (Å²) < 4.78 is 0.848. The van der Waals surface area contributed by atoms with Crippen LogP contribution in [-0.4, -0.2) is 40.6 Å². The number of aromatic nitrogens is 1. The van der Waals surface area contributed by atoms with E-state index in [2.05, 4.69) is 20.9 Å². The molecule has 2 N–H and O–H groups in total. The average Bonchev–Trinajstić information content (AvgIpc) is 2.60. The van der Waals surface area contributed by atoms with Gasteiger partial charge in [-0.3, -0.25) is 4.79 Å². The summed E-state index contributed by atoms with van der Waals surface area (Å²) in [6, 6.07) is 1.72. The van der Waals surface area contributed by atoms with Crippen molar-refractivity contribution in [1.82, 2.24) is 9.88 Å². The second-order valence-electron chi connectivity index (χ2n) is 2.84. The topological polar surface area (TPSA) is 56.3 Å². The highest BCUT2D eigenvalue weighted by molar-refractivity contribution is 9.10. The number of carbonyl (C=O) groups excluding carboxylic acids is 1. The Labute approximate surface area is 91.0 Å². The summed E-state index contributed by atoms with van der Waals surface area (Å²) in [4.78, 5) is 16.2. The predicted octanol–water partition coefficient (Wildman–Crippen LogP) is 1.23. The van der Waals surface area contributed by atoms with E-state index in [-0.39, 0.29) is 12.5 Å². The van der Waals surface area contributed by atoms with Crippen molar-refractivity contribution in [3.05, 3.63) is 22.4 Å². The van der Waals surface area contributed by atoms with Gasteiger partial charge in [-0.2, -0.15) is 0 Å². The number of nitrogens with zero attached hydrogens (tertiary/aromatic N) is 1. The van der Waals surface area contributed by atoms with Crippen molar-refractivity contribution in [3.63, 3.8) is 0 Å². The lowest BCUT2D eigenvalue weighted by atomic mass is 10.3. The van der Waals surface area contributed by atoms with Crippen LogP contribution in [0, 0.1) is 0 Å². The lowest BCUT2D eigenvalue weighted by Crippen LogP contribution is -2.33. The van der Waals surface area contributed by atoms with E-state index in [4.69, 9.17) is 5.11 Å². The Morgan fingerprint density at radius 3 is 2.86 bits per heavy atom. The second kappa shape index (κ2) is 5.17. The number of halogens is 1. The van der Waals surface area contributed by atoms with Crippen molar-refractivity contribution < 1.29 is 9.90 Å². The van der Waals surface area contributed by atoms with Gasteiger partial charge in [-0.25, -0.2) is 0 Å². The van der Waals surface area contributed by atoms with Gasteiger partial charge in [-0.05, 0) is 28.9 Å². The quantitative estimate of drug-likeness (QED) is 0.856. The van der Waals surface area contributed by atoms with Crippen LogP contribution in [0.15, 0.2) is 16.7 Å². The zero-order chi connectivity index (χ0) is 10.6. The summed E-state index contributed by atoms with van der Waals surface area (Å²) >= 11 is 3.26. The molecule has 0 aliphatic rings. The van der Waals surface area contributed by atoms with E-state index in [9.17, 15) is 4.79 Å². The highest BCUT2D eigenvalue weighted by Crippen LogP contribution is 2.12. The molecule has 1 heterocycles. The molecule has 1 amide bonds. The molecule has 0 spiro atoms. The maximum Gasteiger partial charge on any atom is 0.270 e. The van der Waals surface area contributed by atoms with Gasteiger partial charge in [-0.1, -0.05) is 0 Å². The minimum absolute atomic E-state index is 0.0124. The molecule has 0 unspecified atom stereocenters. The molecule has 5 heteroatoms. The van der Waals surface area contributed by atoms with Gasteiger partial charge in [0, 0.05) is 23.8 Å². The molecule has 4 nitrogen and oxygen atoms in total. The number of aliphatic hydroxyl groups is 1. The van der Waals surface area contributed by atoms with E-state index < -0.39 is 0 Å². The number of nitrogens with one attached hydrogen (secondary N) is 1. The SMILES string of the molecule is CCN(CCO)C(=O)c1cc(Br)c[nH]1. The number of carbonyl (C=O) groups is 1. The van der Waals surface area contributed by atoms with Crippen LogP contribution in [0.1, 0.15) is 17.4 Å². The molecule has 0 aromatic carbocycles. The molecule has 0 saturated heterocycles. The summed E-state index contributed by atoms with van der Waals surface area (Å²) in [6.45, 7) is 2.83. The van der Waals surface area contributed by atoms with Crippen molar-refractivity contribution >= 4 is 21.8 Å². The smallest absolute Gasteiger partial charge is 0.270 e. The molecule has 1 aromatic heterocycles. The van der Waals surface area contributed by atoms with Crippen LogP contribution < -0.4 is 0 Å². The van der Waals surface area contributed by atoms with Crippen molar-refractivity contribution in [1.29, 1.82) is 0 Å². The van der Waals surface area contributed by atoms with Gasteiger partial charge in [0.2, 0.25) is 0 Å². The van der Waals surface area contributed by atoms with Crippen LogP contribution in [-0.2, 0) is 0 Å². The third-order valence-corrected chi connectivity index (χ3v) is 2.37. The fourth-order valence-electron chi connectivity index (χ4n) is 1.19. The van der Waals surface area contributed by atoms with Gasteiger partial charge >= 0.3 is 0 Å². The number of hydrogen-bond acceptors (Lipinski definition) is 2. The fraction of sp³-hybridized carbons (Fsp3) is 0.444. The third-order valence-electron chi connectivity index (χ3n) is 1.92. The maximum atomic E-state index is 11.7. The first-order valence-corrected chi connectivity index (χ1v) is 5.22. The first-order chi connectivity index (χ1) is 6.69. The molecule has 0 radical (unpaired) electrons. The van der Waals surface area contributed by atoms with E-state index in [1.807, 2.05) is 6.92 Å². The van der Waals surface area contributed by atoms with Gasteiger partial charge in [-0.15, -0.1) is 0 Å². The molecule has 0 aliphatic carbocycles. The highest BCUT2D eigenvalue weighted by Gasteiger charge is 2.14. The Balaban J connectivity index is 2.72. The van der Waals surface area contributed by atoms with E-state index >= 15 is 0 Å². The van der Waals surface area contributed by atoms with Crippen LogP contribution in [0.25, 0.3) is 0 Å². The highest BCUT2D eigenvalue weighted by atomic mass is 79.9. The maximum absolute atomic E-state index is 11.7. The number of amides is 1. The Morgan fingerprint density at radius 2 is 2.43 bits per heavy atom. The number of aliphatic hydroxyl groups excluding tert-OH is 1. The van der Waals surface area contributed by atoms with Gasteiger partial charge in [0.05, 0.1) is 6.61 Å². The zero-order valence-corrected chi connectivity index (χ0v) is 9.54. The third kappa shape index (κ3) is 2.59. The molecule has 0 aliphatic heterocycles. The zero-order valence-electron chi connectivity index (χ0n) is 7.96. The molecule has 1 rings (SSSR count). The van der Waals surface area contributed by atoms with Gasteiger partial charge in [0.25, 0.3) is 5.91 Å². The largest absolute Gasteiger partial charge is 0.395 e.